The van der Waals surface area contributed by atoms with Crippen LogP contribution in [0.25, 0.3) is 0 Å². The second-order valence-electron chi connectivity index (χ2n) is 5.70. The first kappa shape index (κ1) is 18.4. The summed E-state index contributed by atoms with van der Waals surface area (Å²) < 4.78 is 36.1. The third-order valence-corrected chi connectivity index (χ3v) is 4.47. The van der Waals surface area contributed by atoms with Crippen LogP contribution in [0, 0.1) is 5.82 Å². The van der Waals surface area contributed by atoms with Crippen LogP contribution in [-0.4, -0.2) is 50.5 Å². The summed E-state index contributed by atoms with van der Waals surface area (Å²) in [6, 6.07) is 5.33. The Hall–Kier alpha value is -1.63. The van der Waals surface area contributed by atoms with Crippen LogP contribution in [0.1, 0.15) is 19.4 Å². The van der Waals surface area contributed by atoms with Crippen molar-refractivity contribution in [1.82, 2.24) is 10.2 Å². The third kappa shape index (κ3) is 6.01. The van der Waals surface area contributed by atoms with Crippen LogP contribution < -0.4 is 5.32 Å². The molecule has 0 heterocycles. The third-order valence-electron chi connectivity index (χ3n) is 3.38. The Morgan fingerprint density at radius 1 is 1.32 bits per heavy atom. The maximum atomic E-state index is 13.6. The van der Waals surface area contributed by atoms with Gasteiger partial charge >= 0.3 is 6.03 Å². The highest BCUT2D eigenvalue weighted by Gasteiger charge is 2.21. The molecule has 1 aromatic carbocycles. The first-order chi connectivity index (χ1) is 10.1. The Morgan fingerprint density at radius 2 is 1.91 bits per heavy atom. The van der Waals surface area contributed by atoms with Crippen LogP contribution in [0.2, 0.25) is 0 Å². The summed E-state index contributed by atoms with van der Waals surface area (Å²) in [7, 11) is -1.61. The van der Waals surface area contributed by atoms with Crippen LogP contribution in [0.15, 0.2) is 24.3 Å². The minimum atomic E-state index is -3.16. The maximum Gasteiger partial charge on any atom is 0.317 e. The lowest BCUT2D eigenvalue weighted by Crippen LogP contribution is -2.48. The fourth-order valence-electron chi connectivity index (χ4n) is 2.11. The average molecular weight is 330 g/mol. The molecule has 5 nitrogen and oxygen atoms in total. The highest BCUT2D eigenvalue weighted by atomic mass is 32.2. The molecule has 0 radical (unpaired) electrons. The molecule has 0 saturated carbocycles. The van der Waals surface area contributed by atoms with Crippen LogP contribution in [0.3, 0.4) is 0 Å². The monoisotopic (exact) mass is 330 g/mol. The first-order valence-electron chi connectivity index (χ1n) is 7.04. The number of halogens is 1. The Balaban J connectivity index is 2.58. The molecule has 2 atom stereocenters. The van der Waals surface area contributed by atoms with Crippen molar-refractivity contribution in [3.8, 4) is 0 Å². The molecule has 7 heteroatoms. The fraction of sp³-hybridized carbons (Fsp3) is 0.533. The molecular formula is C15H23FN2O3S. The van der Waals surface area contributed by atoms with Crippen LogP contribution >= 0.6 is 0 Å². The van der Waals surface area contributed by atoms with Gasteiger partial charge in [0.1, 0.15) is 15.7 Å². The van der Waals surface area contributed by atoms with Crippen LogP contribution in [0.5, 0.6) is 0 Å². The normalized spacial score (nSPS) is 14.2. The van der Waals surface area contributed by atoms with Gasteiger partial charge in [0, 0.05) is 25.4 Å². The van der Waals surface area contributed by atoms with Gasteiger partial charge in [0.15, 0.2) is 0 Å². The van der Waals surface area contributed by atoms with Gasteiger partial charge in [-0.15, -0.1) is 0 Å². The predicted molar refractivity (Wildman–Crippen MR) is 85.0 cm³/mol. The van der Waals surface area contributed by atoms with E-state index in [1.807, 2.05) is 0 Å². The Bertz CT molecular complexity index is 619. The van der Waals surface area contributed by atoms with Crippen LogP contribution in [-0.2, 0) is 16.3 Å². The number of carbonyl (C=O) groups is 1. The molecule has 0 spiro atoms. The molecule has 22 heavy (non-hydrogen) atoms. The van der Waals surface area contributed by atoms with E-state index in [0.717, 1.165) is 6.26 Å². The van der Waals surface area contributed by atoms with Gasteiger partial charge in [-0.3, -0.25) is 0 Å². The Morgan fingerprint density at radius 3 is 2.45 bits per heavy atom. The van der Waals surface area contributed by atoms with Gasteiger partial charge in [0.05, 0.1) is 5.75 Å². The molecule has 0 aliphatic rings. The number of nitrogens with zero attached hydrogens (tertiary/aromatic N) is 1. The van der Waals surface area contributed by atoms with E-state index in [-0.39, 0.29) is 23.6 Å². The standard InChI is InChI=1S/C15H23FN2O3S/c1-11(9-13-7-5-6-8-14(13)16)17-15(19)18(3)12(2)10-22(4,20)21/h5-8,11-12H,9-10H2,1-4H3,(H,17,19)/t11-,12-/m0/s1. The molecule has 0 saturated heterocycles. The van der Waals surface area contributed by atoms with Crippen molar-refractivity contribution in [2.75, 3.05) is 19.1 Å². The van der Waals surface area contributed by atoms with Gasteiger partial charge in [-0.1, -0.05) is 18.2 Å². The van der Waals surface area contributed by atoms with Crippen molar-refractivity contribution in [3.63, 3.8) is 0 Å². The minimum absolute atomic E-state index is 0.0986. The van der Waals surface area contributed by atoms with Gasteiger partial charge in [-0.2, -0.15) is 0 Å². The number of rotatable bonds is 6. The van der Waals surface area contributed by atoms with Crippen molar-refractivity contribution >= 4 is 15.9 Å². The largest absolute Gasteiger partial charge is 0.335 e. The molecule has 124 valence electrons. The quantitative estimate of drug-likeness (QED) is 0.865. The summed E-state index contributed by atoms with van der Waals surface area (Å²) in [6.45, 7) is 3.45. The molecule has 0 unspecified atom stereocenters. The molecule has 1 rings (SSSR count). The topological polar surface area (TPSA) is 66.5 Å². The molecular weight excluding hydrogens is 307 g/mol. The van der Waals surface area contributed by atoms with E-state index in [1.54, 1.807) is 39.1 Å². The predicted octanol–water partition coefficient (Wildman–Crippen LogP) is 1.83. The molecule has 2 amide bonds. The molecule has 0 aromatic heterocycles. The molecule has 1 N–H and O–H groups in total. The van der Waals surface area contributed by atoms with Crippen molar-refractivity contribution in [2.24, 2.45) is 0 Å². The van der Waals surface area contributed by atoms with Crippen molar-refractivity contribution in [1.29, 1.82) is 0 Å². The van der Waals surface area contributed by atoms with E-state index < -0.39 is 15.9 Å². The SMILES string of the molecule is C[C@@H](Cc1ccccc1F)NC(=O)N(C)[C@@H](C)CS(C)(=O)=O. The lowest BCUT2D eigenvalue weighted by atomic mass is 10.1. The van der Waals surface area contributed by atoms with E-state index in [0.29, 0.717) is 12.0 Å². The van der Waals surface area contributed by atoms with Crippen LogP contribution in [0.4, 0.5) is 9.18 Å². The summed E-state index contributed by atoms with van der Waals surface area (Å²) in [6.07, 6.45) is 1.50. The second kappa shape index (κ2) is 7.58. The van der Waals surface area contributed by atoms with E-state index in [9.17, 15) is 17.6 Å². The number of amides is 2. The Labute approximate surface area is 131 Å². The Kier molecular flexibility index (Phi) is 6.34. The zero-order chi connectivity index (χ0) is 16.9. The smallest absolute Gasteiger partial charge is 0.317 e. The highest BCUT2D eigenvalue weighted by Crippen LogP contribution is 2.09. The molecule has 1 aromatic rings. The number of hydrogen-bond acceptors (Lipinski definition) is 3. The number of nitrogens with one attached hydrogen (secondary N) is 1. The molecule has 0 aliphatic carbocycles. The lowest BCUT2D eigenvalue weighted by molar-refractivity contribution is 0.194. The number of benzene rings is 1. The fourth-order valence-corrected chi connectivity index (χ4v) is 3.21. The highest BCUT2D eigenvalue weighted by molar-refractivity contribution is 7.90. The van der Waals surface area contributed by atoms with E-state index >= 15 is 0 Å². The zero-order valence-corrected chi connectivity index (χ0v) is 14.2. The summed E-state index contributed by atoms with van der Waals surface area (Å²) in [4.78, 5) is 13.4. The van der Waals surface area contributed by atoms with Crippen molar-refractivity contribution < 1.29 is 17.6 Å². The maximum absolute atomic E-state index is 13.6. The van der Waals surface area contributed by atoms with E-state index in [4.69, 9.17) is 0 Å². The van der Waals surface area contributed by atoms with Gasteiger partial charge in [0.2, 0.25) is 0 Å². The summed E-state index contributed by atoms with van der Waals surface area (Å²) in [5.41, 5.74) is 0.530. The minimum Gasteiger partial charge on any atom is -0.335 e. The average Bonchev–Trinajstić information content (AvgIpc) is 2.38. The van der Waals surface area contributed by atoms with E-state index in [2.05, 4.69) is 5.32 Å². The molecule has 0 fully saturated rings. The van der Waals surface area contributed by atoms with Gasteiger partial charge in [0.25, 0.3) is 0 Å². The number of urea groups is 1. The molecule has 0 bridgehead atoms. The summed E-state index contributed by atoms with van der Waals surface area (Å²) >= 11 is 0. The van der Waals surface area contributed by atoms with Crippen molar-refractivity contribution in [3.05, 3.63) is 35.6 Å². The second-order valence-corrected chi connectivity index (χ2v) is 7.88. The number of sulfone groups is 1. The summed E-state index contributed by atoms with van der Waals surface area (Å²) in [5.74, 6) is -0.402. The van der Waals surface area contributed by atoms with Crippen molar-refractivity contribution in [2.45, 2.75) is 32.4 Å². The van der Waals surface area contributed by atoms with Gasteiger partial charge in [-0.25, -0.2) is 17.6 Å². The van der Waals surface area contributed by atoms with E-state index in [1.165, 1.54) is 11.0 Å². The molecule has 0 aliphatic heterocycles. The zero-order valence-electron chi connectivity index (χ0n) is 13.3. The van der Waals surface area contributed by atoms with Gasteiger partial charge in [-0.05, 0) is 31.9 Å². The number of carbonyl (C=O) groups excluding carboxylic acids is 1. The van der Waals surface area contributed by atoms with Gasteiger partial charge < -0.3 is 10.2 Å². The first-order valence-corrected chi connectivity index (χ1v) is 9.10. The summed E-state index contributed by atoms with van der Waals surface area (Å²) in [5, 5.41) is 2.75. The number of hydrogen-bond donors (Lipinski definition) is 1. The lowest BCUT2D eigenvalue weighted by Gasteiger charge is -2.26.